The molecule has 0 unspecified atom stereocenters. The Morgan fingerprint density at radius 3 is 2.91 bits per heavy atom. The minimum Gasteiger partial charge on any atom is -0.352 e. The van der Waals surface area contributed by atoms with Crippen LogP contribution in [0.3, 0.4) is 0 Å². The van der Waals surface area contributed by atoms with Gasteiger partial charge in [0, 0.05) is 24.0 Å². The molecule has 2 aromatic rings. The van der Waals surface area contributed by atoms with Gasteiger partial charge in [0.2, 0.25) is 11.1 Å². The molecular weight excluding hydrogens is 310 g/mol. The van der Waals surface area contributed by atoms with E-state index in [2.05, 4.69) is 25.5 Å². The summed E-state index contributed by atoms with van der Waals surface area (Å²) in [7, 11) is 0. The number of nitrogens with one attached hydrogen (secondary N) is 2. The summed E-state index contributed by atoms with van der Waals surface area (Å²) in [4.78, 5) is 20.5. The third-order valence-electron chi connectivity index (χ3n) is 4.84. The van der Waals surface area contributed by atoms with E-state index in [-0.39, 0.29) is 5.91 Å². The van der Waals surface area contributed by atoms with Gasteiger partial charge in [0.1, 0.15) is 0 Å². The van der Waals surface area contributed by atoms with Crippen molar-refractivity contribution in [2.45, 2.75) is 36.9 Å². The molecule has 2 aromatic heterocycles. The first-order valence-corrected chi connectivity index (χ1v) is 9.01. The van der Waals surface area contributed by atoms with Crippen molar-refractivity contribution < 1.29 is 4.79 Å². The molecule has 2 heterocycles. The molecule has 1 amide bonds. The molecule has 0 spiro atoms. The molecule has 2 saturated carbocycles. The number of pyridine rings is 1. The van der Waals surface area contributed by atoms with Crippen molar-refractivity contribution in [3.8, 4) is 11.4 Å². The number of hydrogen-bond donors (Lipinski definition) is 2. The van der Waals surface area contributed by atoms with Crippen LogP contribution in [0.15, 0.2) is 29.7 Å². The number of aromatic amines is 1. The highest BCUT2D eigenvalue weighted by Gasteiger charge is 2.39. The van der Waals surface area contributed by atoms with E-state index in [1.54, 1.807) is 12.4 Å². The van der Waals surface area contributed by atoms with E-state index < -0.39 is 0 Å². The number of thioether (sulfide) groups is 1. The maximum atomic E-state index is 12.1. The predicted molar refractivity (Wildman–Crippen MR) is 87.7 cm³/mol. The van der Waals surface area contributed by atoms with Gasteiger partial charge in [-0.25, -0.2) is 4.98 Å². The van der Waals surface area contributed by atoms with E-state index in [4.69, 9.17) is 0 Å². The Balaban J connectivity index is 1.29. The van der Waals surface area contributed by atoms with Crippen molar-refractivity contribution in [2.75, 3.05) is 5.75 Å². The molecule has 23 heavy (non-hydrogen) atoms. The summed E-state index contributed by atoms with van der Waals surface area (Å²) in [5.41, 5.74) is 0.936. The van der Waals surface area contributed by atoms with Gasteiger partial charge in [-0.05, 0) is 43.2 Å². The van der Waals surface area contributed by atoms with E-state index in [9.17, 15) is 4.79 Å². The van der Waals surface area contributed by atoms with Gasteiger partial charge in [0.25, 0.3) is 0 Å². The van der Waals surface area contributed by atoms with Crippen LogP contribution in [0.5, 0.6) is 0 Å². The van der Waals surface area contributed by atoms with Crippen LogP contribution in [-0.4, -0.2) is 37.9 Å². The Kier molecular flexibility index (Phi) is 4.03. The summed E-state index contributed by atoms with van der Waals surface area (Å²) in [6.45, 7) is 0. The van der Waals surface area contributed by atoms with Crippen molar-refractivity contribution in [2.24, 2.45) is 11.8 Å². The Hall–Kier alpha value is -1.89. The van der Waals surface area contributed by atoms with Crippen LogP contribution in [0, 0.1) is 11.8 Å². The topological polar surface area (TPSA) is 83.6 Å². The SMILES string of the molecule is O=C(CSc1n[nH]c(-c2ccncc2)n1)N[C@H]1C[C@H]2CC[C@@H]1C2. The molecular formula is C16H19N5OS. The van der Waals surface area contributed by atoms with Crippen LogP contribution in [0.1, 0.15) is 25.7 Å². The highest BCUT2D eigenvalue weighted by molar-refractivity contribution is 7.99. The van der Waals surface area contributed by atoms with Crippen LogP contribution in [0.4, 0.5) is 0 Å². The Morgan fingerprint density at radius 2 is 2.17 bits per heavy atom. The van der Waals surface area contributed by atoms with Gasteiger partial charge in [-0.3, -0.25) is 14.9 Å². The lowest BCUT2D eigenvalue weighted by atomic mass is 9.95. The minimum absolute atomic E-state index is 0.0859. The largest absolute Gasteiger partial charge is 0.352 e. The van der Waals surface area contributed by atoms with Crippen LogP contribution in [-0.2, 0) is 4.79 Å². The fourth-order valence-corrected chi connectivity index (χ4v) is 4.36. The zero-order valence-electron chi connectivity index (χ0n) is 12.7. The second-order valence-electron chi connectivity index (χ2n) is 6.34. The Labute approximate surface area is 138 Å². The van der Waals surface area contributed by atoms with E-state index in [1.807, 2.05) is 12.1 Å². The molecule has 2 bridgehead atoms. The quantitative estimate of drug-likeness (QED) is 0.822. The normalized spacial score (nSPS) is 25.7. The average molecular weight is 329 g/mol. The molecule has 2 N–H and O–H groups in total. The number of carbonyl (C=O) groups excluding carboxylic acids is 1. The maximum Gasteiger partial charge on any atom is 0.230 e. The third kappa shape index (κ3) is 3.24. The van der Waals surface area contributed by atoms with E-state index >= 15 is 0 Å². The summed E-state index contributed by atoms with van der Waals surface area (Å²) in [6, 6.07) is 4.13. The van der Waals surface area contributed by atoms with Gasteiger partial charge < -0.3 is 5.32 Å². The first-order valence-electron chi connectivity index (χ1n) is 8.03. The first-order chi connectivity index (χ1) is 11.3. The van der Waals surface area contributed by atoms with Crippen molar-refractivity contribution >= 4 is 17.7 Å². The zero-order chi connectivity index (χ0) is 15.6. The Bertz CT molecular complexity index is 689. The minimum atomic E-state index is 0.0859. The molecule has 120 valence electrons. The third-order valence-corrected chi connectivity index (χ3v) is 5.68. The smallest absolute Gasteiger partial charge is 0.230 e. The summed E-state index contributed by atoms with van der Waals surface area (Å²) in [5, 5.41) is 10.8. The van der Waals surface area contributed by atoms with Crippen LogP contribution >= 0.6 is 11.8 Å². The highest BCUT2D eigenvalue weighted by atomic mass is 32.2. The summed E-state index contributed by atoms with van der Waals surface area (Å²) in [6.07, 6.45) is 8.52. The lowest BCUT2D eigenvalue weighted by Gasteiger charge is -2.22. The van der Waals surface area contributed by atoms with E-state index in [0.717, 1.165) is 17.9 Å². The lowest BCUT2D eigenvalue weighted by molar-refractivity contribution is -0.119. The maximum absolute atomic E-state index is 12.1. The summed E-state index contributed by atoms with van der Waals surface area (Å²) < 4.78 is 0. The number of H-pyrrole nitrogens is 1. The van der Waals surface area contributed by atoms with Crippen molar-refractivity contribution in [1.82, 2.24) is 25.5 Å². The molecule has 0 aliphatic heterocycles. The Morgan fingerprint density at radius 1 is 1.30 bits per heavy atom. The fourth-order valence-electron chi connectivity index (χ4n) is 3.75. The molecule has 2 fully saturated rings. The van der Waals surface area contributed by atoms with E-state index in [1.165, 1.54) is 31.0 Å². The second kappa shape index (κ2) is 6.31. The molecule has 6 nitrogen and oxygen atoms in total. The molecule has 0 aromatic carbocycles. The number of fused-ring (bicyclic) bond motifs is 2. The van der Waals surface area contributed by atoms with Gasteiger partial charge >= 0.3 is 0 Å². The fraction of sp³-hybridized carbons (Fsp3) is 0.500. The average Bonchev–Trinajstić information content (AvgIpc) is 3.30. The van der Waals surface area contributed by atoms with Gasteiger partial charge in [0.05, 0.1) is 5.75 Å². The zero-order valence-corrected chi connectivity index (χ0v) is 13.6. The predicted octanol–water partition coefficient (Wildman–Crippen LogP) is 2.26. The van der Waals surface area contributed by atoms with Crippen LogP contribution in [0.2, 0.25) is 0 Å². The molecule has 0 radical (unpaired) electrons. The molecule has 0 saturated heterocycles. The van der Waals surface area contributed by atoms with Gasteiger partial charge in [-0.2, -0.15) is 0 Å². The molecule has 2 aliphatic carbocycles. The highest BCUT2D eigenvalue weighted by Crippen LogP contribution is 2.44. The van der Waals surface area contributed by atoms with Crippen LogP contribution < -0.4 is 5.32 Å². The number of hydrogen-bond acceptors (Lipinski definition) is 5. The van der Waals surface area contributed by atoms with Crippen molar-refractivity contribution in [3.63, 3.8) is 0 Å². The van der Waals surface area contributed by atoms with E-state index in [0.29, 0.717) is 28.7 Å². The monoisotopic (exact) mass is 329 g/mol. The lowest BCUT2D eigenvalue weighted by Crippen LogP contribution is -2.39. The number of amides is 1. The molecule has 3 atom stereocenters. The second-order valence-corrected chi connectivity index (χ2v) is 7.28. The number of aromatic nitrogens is 4. The number of nitrogens with zero attached hydrogens (tertiary/aromatic N) is 3. The standard InChI is InChI=1S/C16H19N5OS/c22-14(18-13-8-10-1-2-12(13)7-10)9-23-16-19-15(20-21-16)11-3-5-17-6-4-11/h3-6,10,12-13H,1-2,7-9H2,(H,18,22)(H,19,20,21)/t10-,12+,13-/m0/s1. The van der Waals surface area contributed by atoms with Gasteiger partial charge in [0.15, 0.2) is 5.82 Å². The first kappa shape index (κ1) is 14.7. The van der Waals surface area contributed by atoms with Crippen LogP contribution in [0.25, 0.3) is 11.4 Å². The van der Waals surface area contributed by atoms with Crippen molar-refractivity contribution in [3.05, 3.63) is 24.5 Å². The van der Waals surface area contributed by atoms with Crippen molar-refractivity contribution in [1.29, 1.82) is 0 Å². The number of carbonyl (C=O) groups is 1. The summed E-state index contributed by atoms with van der Waals surface area (Å²) >= 11 is 1.37. The van der Waals surface area contributed by atoms with Gasteiger partial charge in [-0.1, -0.05) is 18.2 Å². The van der Waals surface area contributed by atoms with Gasteiger partial charge in [-0.15, -0.1) is 5.10 Å². The number of rotatable bonds is 5. The molecule has 2 aliphatic rings. The molecule has 7 heteroatoms. The molecule has 4 rings (SSSR count). The summed E-state index contributed by atoms with van der Waals surface area (Å²) in [5.74, 6) is 2.69.